The molecule has 0 bridgehead atoms. The number of hydrogen-bond acceptors (Lipinski definition) is 5. The Morgan fingerprint density at radius 2 is 2.27 bits per heavy atom. The highest BCUT2D eigenvalue weighted by Crippen LogP contribution is 2.22. The summed E-state index contributed by atoms with van der Waals surface area (Å²) in [6, 6.07) is 3.98. The molecule has 1 aliphatic heterocycles. The minimum Gasteiger partial charge on any atom is -0.496 e. The number of primary sulfonamides is 1. The van der Waals surface area contributed by atoms with Gasteiger partial charge in [0.15, 0.2) is 0 Å². The summed E-state index contributed by atoms with van der Waals surface area (Å²) in [5, 5.41) is 11.2. The lowest BCUT2D eigenvalue weighted by molar-refractivity contribution is 0.0941. The second-order valence-electron chi connectivity index (χ2n) is 5.33. The number of carbonyl (C=O) groups excluding carboxylic acids is 1. The van der Waals surface area contributed by atoms with Crippen molar-refractivity contribution in [1.82, 2.24) is 10.6 Å². The van der Waals surface area contributed by atoms with Crippen LogP contribution in [0.25, 0.3) is 0 Å². The van der Waals surface area contributed by atoms with Gasteiger partial charge in [-0.1, -0.05) is 0 Å². The first-order chi connectivity index (χ1) is 10.4. The van der Waals surface area contributed by atoms with E-state index < -0.39 is 10.0 Å². The van der Waals surface area contributed by atoms with Crippen molar-refractivity contribution in [2.75, 3.05) is 26.7 Å². The van der Waals surface area contributed by atoms with E-state index in [1.54, 1.807) is 0 Å². The standard InChI is InChI=1S/C14H21N3O4S/c1-21-13-5-4-11(22(15,19)20)7-12(13)14(18)17-9-10-3-2-6-16-8-10/h4-5,7,10,16H,2-3,6,8-9H2,1H3,(H,17,18)(H2,15,19,20). The van der Waals surface area contributed by atoms with Crippen molar-refractivity contribution in [3.8, 4) is 5.75 Å². The zero-order chi connectivity index (χ0) is 16.2. The SMILES string of the molecule is COc1ccc(S(N)(=O)=O)cc1C(=O)NCC1CCCNC1. The summed E-state index contributed by atoms with van der Waals surface area (Å²) in [7, 11) is -2.44. The molecule has 2 rings (SSSR count). The molecule has 1 amide bonds. The van der Waals surface area contributed by atoms with Gasteiger partial charge in [0.2, 0.25) is 10.0 Å². The number of nitrogens with one attached hydrogen (secondary N) is 2. The molecule has 1 unspecified atom stereocenters. The Labute approximate surface area is 130 Å². The zero-order valence-corrected chi connectivity index (χ0v) is 13.3. The molecule has 1 aromatic rings. The van der Waals surface area contributed by atoms with Crippen LogP contribution >= 0.6 is 0 Å². The van der Waals surface area contributed by atoms with E-state index in [2.05, 4.69) is 10.6 Å². The second-order valence-corrected chi connectivity index (χ2v) is 6.89. The number of rotatable bonds is 5. The minimum absolute atomic E-state index is 0.113. The van der Waals surface area contributed by atoms with Gasteiger partial charge in [-0.2, -0.15) is 0 Å². The number of carbonyl (C=O) groups is 1. The fourth-order valence-electron chi connectivity index (χ4n) is 2.47. The summed E-state index contributed by atoms with van der Waals surface area (Å²) >= 11 is 0. The normalized spacial score (nSPS) is 18.7. The molecule has 7 nitrogen and oxygen atoms in total. The summed E-state index contributed by atoms with van der Waals surface area (Å²) in [4.78, 5) is 12.2. The van der Waals surface area contributed by atoms with Crippen molar-refractivity contribution in [2.24, 2.45) is 11.1 Å². The van der Waals surface area contributed by atoms with Crippen molar-refractivity contribution in [3.63, 3.8) is 0 Å². The summed E-state index contributed by atoms with van der Waals surface area (Å²) in [6.07, 6.45) is 2.15. The third-order valence-corrected chi connectivity index (χ3v) is 4.61. The zero-order valence-electron chi connectivity index (χ0n) is 12.5. The maximum absolute atomic E-state index is 12.3. The lowest BCUT2D eigenvalue weighted by Crippen LogP contribution is -2.38. The molecule has 0 aliphatic carbocycles. The number of sulfonamides is 1. The van der Waals surface area contributed by atoms with E-state index >= 15 is 0 Å². The van der Waals surface area contributed by atoms with Gasteiger partial charge >= 0.3 is 0 Å². The average Bonchev–Trinajstić information content (AvgIpc) is 2.52. The molecular formula is C14H21N3O4S. The van der Waals surface area contributed by atoms with Gasteiger partial charge in [-0.15, -0.1) is 0 Å². The molecule has 0 spiro atoms. The molecule has 4 N–H and O–H groups in total. The van der Waals surface area contributed by atoms with E-state index in [-0.39, 0.29) is 16.4 Å². The van der Waals surface area contributed by atoms with Crippen LogP contribution in [0.5, 0.6) is 5.75 Å². The Hall–Kier alpha value is -1.64. The highest BCUT2D eigenvalue weighted by atomic mass is 32.2. The van der Waals surface area contributed by atoms with Gasteiger partial charge in [0, 0.05) is 6.54 Å². The predicted molar refractivity (Wildman–Crippen MR) is 82.3 cm³/mol. The van der Waals surface area contributed by atoms with Crippen LogP contribution in [-0.2, 0) is 10.0 Å². The van der Waals surface area contributed by atoms with Crippen LogP contribution in [0.4, 0.5) is 0 Å². The summed E-state index contributed by atoms with van der Waals surface area (Å²) in [6.45, 7) is 2.41. The number of methoxy groups -OCH3 is 1. The Morgan fingerprint density at radius 1 is 1.50 bits per heavy atom. The van der Waals surface area contributed by atoms with E-state index in [0.717, 1.165) is 25.9 Å². The Balaban J connectivity index is 2.13. The van der Waals surface area contributed by atoms with E-state index in [9.17, 15) is 13.2 Å². The first kappa shape index (κ1) is 16.7. The number of benzene rings is 1. The van der Waals surface area contributed by atoms with Crippen LogP contribution in [0.15, 0.2) is 23.1 Å². The van der Waals surface area contributed by atoms with Gasteiger partial charge in [0.05, 0.1) is 17.6 Å². The van der Waals surface area contributed by atoms with Crippen LogP contribution in [0.2, 0.25) is 0 Å². The molecular weight excluding hydrogens is 306 g/mol. The lowest BCUT2D eigenvalue weighted by atomic mass is 9.99. The van der Waals surface area contributed by atoms with Crippen LogP contribution in [0.3, 0.4) is 0 Å². The quantitative estimate of drug-likeness (QED) is 0.709. The molecule has 0 radical (unpaired) electrons. The number of nitrogens with two attached hydrogens (primary N) is 1. The third-order valence-electron chi connectivity index (χ3n) is 3.69. The molecule has 1 atom stereocenters. The topological polar surface area (TPSA) is 111 Å². The Kier molecular flexibility index (Phi) is 5.38. The molecule has 1 aliphatic rings. The van der Waals surface area contributed by atoms with Crippen molar-refractivity contribution in [1.29, 1.82) is 0 Å². The molecule has 8 heteroatoms. The van der Waals surface area contributed by atoms with E-state index in [1.807, 2.05) is 0 Å². The minimum atomic E-state index is -3.86. The molecule has 0 aromatic heterocycles. The first-order valence-corrected chi connectivity index (χ1v) is 8.66. The van der Waals surface area contributed by atoms with E-state index in [1.165, 1.54) is 25.3 Å². The van der Waals surface area contributed by atoms with E-state index in [4.69, 9.17) is 9.88 Å². The molecule has 1 heterocycles. The van der Waals surface area contributed by atoms with Gasteiger partial charge in [-0.05, 0) is 50.0 Å². The van der Waals surface area contributed by atoms with Crippen LogP contribution < -0.4 is 20.5 Å². The molecule has 1 aromatic carbocycles. The summed E-state index contributed by atoms with van der Waals surface area (Å²) in [5.74, 6) is 0.324. The second kappa shape index (κ2) is 7.08. The van der Waals surface area contributed by atoms with Crippen molar-refractivity contribution >= 4 is 15.9 Å². The summed E-state index contributed by atoms with van der Waals surface area (Å²) < 4.78 is 27.9. The molecule has 0 saturated carbocycles. The van der Waals surface area contributed by atoms with Crippen molar-refractivity contribution < 1.29 is 17.9 Å². The van der Waals surface area contributed by atoms with E-state index in [0.29, 0.717) is 18.2 Å². The van der Waals surface area contributed by atoms with Crippen LogP contribution in [-0.4, -0.2) is 41.1 Å². The smallest absolute Gasteiger partial charge is 0.255 e. The number of hydrogen-bond donors (Lipinski definition) is 3. The maximum atomic E-state index is 12.3. The highest BCUT2D eigenvalue weighted by molar-refractivity contribution is 7.89. The van der Waals surface area contributed by atoms with Gasteiger partial charge in [-0.3, -0.25) is 4.79 Å². The van der Waals surface area contributed by atoms with Gasteiger partial charge in [0.1, 0.15) is 5.75 Å². The van der Waals surface area contributed by atoms with Crippen molar-refractivity contribution in [2.45, 2.75) is 17.7 Å². The lowest BCUT2D eigenvalue weighted by Gasteiger charge is -2.23. The number of ether oxygens (including phenoxy) is 1. The maximum Gasteiger partial charge on any atom is 0.255 e. The molecule has 22 heavy (non-hydrogen) atoms. The number of amides is 1. The van der Waals surface area contributed by atoms with Gasteiger partial charge < -0.3 is 15.4 Å². The molecule has 1 fully saturated rings. The monoisotopic (exact) mass is 327 g/mol. The fraction of sp³-hybridized carbons (Fsp3) is 0.500. The fourth-order valence-corrected chi connectivity index (χ4v) is 3.01. The average molecular weight is 327 g/mol. The number of piperidine rings is 1. The molecule has 122 valence electrons. The Morgan fingerprint density at radius 3 is 2.86 bits per heavy atom. The van der Waals surface area contributed by atoms with Gasteiger partial charge in [0.25, 0.3) is 5.91 Å². The van der Waals surface area contributed by atoms with Crippen LogP contribution in [0.1, 0.15) is 23.2 Å². The highest BCUT2D eigenvalue weighted by Gasteiger charge is 2.19. The summed E-state index contributed by atoms with van der Waals surface area (Å²) in [5.41, 5.74) is 0.165. The third kappa shape index (κ3) is 4.19. The first-order valence-electron chi connectivity index (χ1n) is 7.11. The predicted octanol–water partition coefficient (Wildman–Crippen LogP) is 0.0720. The molecule has 1 saturated heterocycles. The van der Waals surface area contributed by atoms with Crippen molar-refractivity contribution in [3.05, 3.63) is 23.8 Å². The van der Waals surface area contributed by atoms with Gasteiger partial charge in [-0.25, -0.2) is 13.6 Å². The largest absolute Gasteiger partial charge is 0.496 e. The van der Waals surface area contributed by atoms with Crippen LogP contribution in [0, 0.1) is 5.92 Å². The Bertz CT molecular complexity index is 639.